The molecule has 24 heavy (non-hydrogen) atoms. The van der Waals surface area contributed by atoms with Gasteiger partial charge in [0.1, 0.15) is 0 Å². The first-order valence-electron chi connectivity index (χ1n) is 8.32. The minimum atomic E-state index is -3.40. The Bertz CT molecular complexity index is 656. The largest absolute Gasteiger partial charge is 0.351 e. The summed E-state index contributed by atoms with van der Waals surface area (Å²) < 4.78 is 24.6. The van der Waals surface area contributed by atoms with Crippen molar-refractivity contribution in [1.82, 2.24) is 5.32 Å². The second-order valence-electron chi connectivity index (χ2n) is 6.13. The lowest BCUT2D eigenvalue weighted by atomic mass is 10.0. The van der Waals surface area contributed by atoms with Gasteiger partial charge in [0.05, 0.1) is 17.5 Å². The molecule has 0 aromatic heterocycles. The first-order chi connectivity index (χ1) is 11.4. The van der Waals surface area contributed by atoms with E-state index in [1.54, 1.807) is 24.3 Å². The van der Waals surface area contributed by atoms with Crippen LogP contribution in [0.5, 0.6) is 0 Å². The second-order valence-corrected chi connectivity index (χ2v) is 9.56. The van der Waals surface area contributed by atoms with Crippen LogP contribution in [0.25, 0.3) is 0 Å². The number of nitrogens with one attached hydrogen (secondary N) is 1. The Balaban J connectivity index is 1.90. The summed E-state index contributed by atoms with van der Waals surface area (Å²) in [5.41, 5.74) is 0.783. The van der Waals surface area contributed by atoms with Gasteiger partial charge in [0.25, 0.3) is 5.91 Å². The molecule has 0 spiro atoms. The summed E-state index contributed by atoms with van der Waals surface area (Å²) in [6.07, 6.45) is 7.66. The monoisotopic (exact) mass is 370 g/mol. The van der Waals surface area contributed by atoms with Gasteiger partial charge in [-0.1, -0.05) is 31.4 Å². The van der Waals surface area contributed by atoms with Gasteiger partial charge in [0, 0.05) is 24.6 Å². The van der Waals surface area contributed by atoms with E-state index in [4.69, 9.17) is 0 Å². The summed E-state index contributed by atoms with van der Waals surface area (Å²) in [5.74, 6) is 0.658. The zero-order chi connectivity index (χ0) is 17.6. The molecule has 2 rings (SSSR count). The average molecular weight is 371 g/mol. The molecule has 0 atom stereocenters. The van der Waals surface area contributed by atoms with Crippen molar-refractivity contribution in [3.05, 3.63) is 29.8 Å². The van der Waals surface area contributed by atoms with Gasteiger partial charge in [-0.05, 0) is 25.0 Å². The zero-order valence-corrected chi connectivity index (χ0v) is 16.0. The summed E-state index contributed by atoms with van der Waals surface area (Å²) >= 11 is 1.93. The van der Waals surface area contributed by atoms with Crippen molar-refractivity contribution >= 4 is 33.4 Å². The quantitative estimate of drug-likeness (QED) is 0.750. The average Bonchev–Trinajstić information content (AvgIpc) is 2.58. The van der Waals surface area contributed by atoms with Crippen LogP contribution in [0.1, 0.15) is 42.5 Å². The number of thioether (sulfide) groups is 1. The first kappa shape index (κ1) is 19.1. The van der Waals surface area contributed by atoms with Crippen LogP contribution in [0, 0.1) is 0 Å². The van der Waals surface area contributed by atoms with Crippen molar-refractivity contribution in [3.8, 4) is 0 Å². The molecule has 5 nitrogen and oxygen atoms in total. The number of para-hydroxylation sites is 1. The van der Waals surface area contributed by atoms with E-state index in [1.807, 2.05) is 11.8 Å². The predicted octanol–water partition coefficient (Wildman–Crippen LogP) is 2.88. The minimum absolute atomic E-state index is 0.231. The first-order valence-corrected chi connectivity index (χ1v) is 11.2. The summed E-state index contributed by atoms with van der Waals surface area (Å²) in [6.45, 7) is 0.594. The maximum atomic E-state index is 12.4. The number of carbonyl (C=O) groups excluding carboxylic acids is 1. The fourth-order valence-electron chi connectivity index (χ4n) is 2.84. The van der Waals surface area contributed by atoms with Crippen LogP contribution >= 0.6 is 11.8 Å². The van der Waals surface area contributed by atoms with Gasteiger partial charge in [0.15, 0.2) is 0 Å². The number of rotatable bonds is 7. The number of hydrogen-bond acceptors (Lipinski definition) is 4. The predicted molar refractivity (Wildman–Crippen MR) is 101 cm³/mol. The Hall–Kier alpha value is -1.21. The Morgan fingerprint density at radius 1 is 1.25 bits per heavy atom. The van der Waals surface area contributed by atoms with Crippen LogP contribution in [0.15, 0.2) is 24.3 Å². The lowest BCUT2D eigenvalue weighted by molar-refractivity contribution is 0.0957. The Kier molecular flexibility index (Phi) is 6.98. The molecule has 0 radical (unpaired) electrons. The minimum Gasteiger partial charge on any atom is -0.351 e. The van der Waals surface area contributed by atoms with E-state index >= 15 is 0 Å². The molecule has 7 heteroatoms. The molecule has 1 N–H and O–H groups in total. The number of amides is 1. The van der Waals surface area contributed by atoms with Crippen molar-refractivity contribution in [2.45, 2.75) is 37.4 Å². The van der Waals surface area contributed by atoms with Gasteiger partial charge in [0.2, 0.25) is 10.0 Å². The van der Waals surface area contributed by atoms with Crippen molar-refractivity contribution in [3.63, 3.8) is 0 Å². The highest BCUT2D eigenvalue weighted by molar-refractivity contribution is 7.99. The molecule has 0 saturated heterocycles. The standard InChI is InChI=1S/C17H26N2O3S2/c1-19(24(2,21)22)16-11-7-6-10-15(16)17(20)18-12-13-23-14-8-4-3-5-9-14/h6-7,10-11,14H,3-5,8-9,12-13H2,1-2H3,(H,18,20). The molecule has 0 bridgehead atoms. The van der Waals surface area contributed by atoms with E-state index in [1.165, 1.54) is 39.2 Å². The summed E-state index contributed by atoms with van der Waals surface area (Å²) in [4.78, 5) is 12.4. The molecule has 1 amide bonds. The van der Waals surface area contributed by atoms with Crippen molar-refractivity contribution in [2.75, 3.05) is 29.9 Å². The van der Waals surface area contributed by atoms with Gasteiger partial charge < -0.3 is 5.32 Å². The Morgan fingerprint density at radius 2 is 1.92 bits per heavy atom. The van der Waals surface area contributed by atoms with E-state index < -0.39 is 10.0 Å². The molecular weight excluding hydrogens is 344 g/mol. The molecule has 1 aliphatic rings. The van der Waals surface area contributed by atoms with Crippen molar-refractivity contribution in [1.29, 1.82) is 0 Å². The molecule has 0 heterocycles. The SMILES string of the molecule is CN(c1ccccc1C(=O)NCCSC1CCCCC1)S(C)(=O)=O. The summed E-state index contributed by atoms with van der Waals surface area (Å²) in [5, 5.41) is 3.63. The third kappa shape index (κ3) is 5.41. The third-order valence-electron chi connectivity index (χ3n) is 4.28. The summed E-state index contributed by atoms with van der Waals surface area (Å²) in [7, 11) is -1.94. The molecule has 1 aromatic rings. The van der Waals surface area contributed by atoms with Crippen LogP contribution in [-0.2, 0) is 10.0 Å². The van der Waals surface area contributed by atoms with Crippen molar-refractivity contribution in [2.24, 2.45) is 0 Å². The molecule has 134 valence electrons. The number of benzene rings is 1. The van der Waals surface area contributed by atoms with Gasteiger partial charge in [-0.3, -0.25) is 9.10 Å². The van der Waals surface area contributed by atoms with Crippen LogP contribution < -0.4 is 9.62 Å². The van der Waals surface area contributed by atoms with E-state index in [9.17, 15) is 13.2 Å². The maximum Gasteiger partial charge on any atom is 0.253 e. The molecule has 1 fully saturated rings. The lowest BCUT2D eigenvalue weighted by Crippen LogP contribution is -2.31. The van der Waals surface area contributed by atoms with Crippen LogP contribution in [0.2, 0.25) is 0 Å². The van der Waals surface area contributed by atoms with E-state index in [2.05, 4.69) is 5.32 Å². The van der Waals surface area contributed by atoms with Crippen molar-refractivity contribution < 1.29 is 13.2 Å². The summed E-state index contributed by atoms with van der Waals surface area (Å²) in [6, 6.07) is 6.77. The Morgan fingerprint density at radius 3 is 2.58 bits per heavy atom. The normalized spacial score (nSPS) is 15.9. The van der Waals surface area contributed by atoms with E-state index in [-0.39, 0.29) is 5.91 Å². The molecule has 0 unspecified atom stereocenters. The molecule has 0 aliphatic heterocycles. The van der Waals surface area contributed by atoms with Gasteiger partial charge in [-0.25, -0.2) is 8.42 Å². The van der Waals surface area contributed by atoms with Gasteiger partial charge in [-0.15, -0.1) is 0 Å². The highest BCUT2D eigenvalue weighted by atomic mass is 32.2. The second kappa shape index (κ2) is 8.76. The van der Waals surface area contributed by atoms with Crippen LogP contribution in [-0.4, -0.2) is 45.2 Å². The fourth-order valence-corrected chi connectivity index (χ4v) is 4.57. The number of hydrogen-bond donors (Lipinski definition) is 1. The molecule has 1 aliphatic carbocycles. The van der Waals surface area contributed by atoms with Crippen LogP contribution in [0.3, 0.4) is 0 Å². The zero-order valence-electron chi connectivity index (χ0n) is 14.3. The van der Waals surface area contributed by atoms with Gasteiger partial charge in [-0.2, -0.15) is 11.8 Å². The highest BCUT2D eigenvalue weighted by Gasteiger charge is 2.19. The smallest absolute Gasteiger partial charge is 0.253 e. The van der Waals surface area contributed by atoms with Crippen LogP contribution in [0.4, 0.5) is 5.69 Å². The molecular formula is C17H26N2O3S2. The number of nitrogens with zero attached hydrogens (tertiary/aromatic N) is 1. The lowest BCUT2D eigenvalue weighted by Gasteiger charge is -2.21. The molecule has 1 aromatic carbocycles. The van der Waals surface area contributed by atoms with Gasteiger partial charge >= 0.3 is 0 Å². The topological polar surface area (TPSA) is 66.5 Å². The van der Waals surface area contributed by atoms with E-state index in [0.717, 1.165) is 21.6 Å². The van der Waals surface area contributed by atoms with E-state index in [0.29, 0.717) is 17.8 Å². The number of anilines is 1. The highest BCUT2D eigenvalue weighted by Crippen LogP contribution is 2.27. The molecule has 1 saturated carbocycles. The number of carbonyl (C=O) groups is 1. The fraction of sp³-hybridized carbons (Fsp3) is 0.588. The maximum absolute atomic E-state index is 12.4. The number of sulfonamides is 1. The Labute approximate surface area is 149 Å². The third-order valence-corrected chi connectivity index (χ3v) is 6.85.